The van der Waals surface area contributed by atoms with E-state index in [4.69, 9.17) is 0 Å². The van der Waals surface area contributed by atoms with Crippen LogP contribution in [0.2, 0.25) is 0 Å². The van der Waals surface area contributed by atoms with Crippen LogP contribution in [-0.2, 0) is 0 Å². The van der Waals surface area contributed by atoms with Crippen LogP contribution in [0.25, 0.3) is 0 Å². The van der Waals surface area contributed by atoms with Gasteiger partial charge in [-0.3, -0.25) is 0 Å². The quantitative estimate of drug-likeness (QED) is 0.228. The Kier molecular flexibility index (Phi) is 62.2. The lowest BCUT2D eigenvalue weighted by atomic mass is 9.93. The van der Waals surface area contributed by atoms with Gasteiger partial charge in [0.2, 0.25) is 0 Å². The maximum atomic E-state index is 2.39. The summed E-state index contributed by atoms with van der Waals surface area (Å²) in [6, 6.07) is 0. The second kappa shape index (κ2) is 58.0. The van der Waals surface area contributed by atoms with Crippen molar-refractivity contribution in [2.75, 3.05) is 0 Å². The van der Waals surface area contributed by atoms with Crippen LogP contribution in [0.4, 0.5) is 0 Å². The van der Waals surface area contributed by atoms with Crippen LogP contribution in [-0.4, -0.2) is 0 Å². The van der Waals surface area contributed by atoms with Gasteiger partial charge in [-0.2, -0.15) is 0 Å². The molecule has 0 aromatic rings. The van der Waals surface area contributed by atoms with Crippen molar-refractivity contribution in [1.29, 1.82) is 0 Å². The molecule has 0 aliphatic heterocycles. The van der Waals surface area contributed by atoms with Crippen LogP contribution in [0.1, 0.15) is 358 Å². The van der Waals surface area contributed by atoms with E-state index in [0.29, 0.717) is 0 Å². The highest BCUT2D eigenvalue weighted by molar-refractivity contribution is 4.61. The lowest BCUT2D eigenvalue weighted by Crippen LogP contribution is -1.97. The summed E-state index contributed by atoms with van der Waals surface area (Å²) in [5, 5.41) is 0. The highest BCUT2D eigenvalue weighted by atomic mass is 14.1. The summed E-state index contributed by atoms with van der Waals surface area (Å²) in [4.78, 5) is 0. The Morgan fingerprint density at radius 2 is 0.254 bits per heavy atom. The first-order valence-corrected chi connectivity index (χ1v) is 29.0. The van der Waals surface area contributed by atoms with Crippen LogP contribution in [0, 0.1) is 23.7 Å². The Bertz CT molecular complexity index is 489. The zero-order valence-electron chi connectivity index (χ0n) is 44.1. The first-order valence-electron chi connectivity index (χ1n) is 29.0. The Labute approximate surface area is 380 Å². The second-order valence-electron chi connectivity index (χ2n) is 20.2. The monoisotopic (exact) mass is 833 g/mol. The van der Waals surface area contributed by atoms with Crippen molar-refractivity contribution < 1.29 is 0 Å². The molecule has 0 heteroatoms. The van der Waals surface area contributed by atoms with Gasteiger partial charge in [0.1, 0.15) is 0 Å². The van der Waals surface area contributed by atoms with Gasteiger partial charge >= 0.3 is 0 Å². The molecule has 360 valence electrons. The van der Waals surface area contributed by atoms with Crippen molar-refractivity contribution in [3.05, 3.63) is 0 Å². The topological polar surface area (TPSA) is 0 Å². The normalized spacial score (nSPS) is 22.3. The Balaban J connectivity index is -0.000000619. The third kappa shape index (κ3) is 58.0. The minimum atomic E-state index is 1.02. The van der Waals surface area contributed by atoms with Crippen LogP contribution in [0.15, 0.2) is 0 Å². The molecule has 6 aliphatic carbocycles. The summed E-state index contributed by atoms with van der Waals surface area (Å²) in [7, 11) is 0. The molecule has 6 aliphatic rings. The third-order valence-electron chi connectivity index (χ3n) is 13.6. The van der Waals surface area contributed by atoms with E-state index in [0.717, 1.165) is 23.7 Å². The van der Waals surface area contributed by atoms with Gasteiger partial charge in [0.05, 0.1) is 0 Å². The molecule has 59 heavy (non-hydrogen) atoms. The minimum Gasteiger partial charge on any atom is -0.0683 e. The predicted octanol–water partition coefficient (Wildman–Crippen LogP) is 23.2. The van der Waals surface area contributed by atoms with E-state index in [1.165, 1.54) is 289 Å². The highest BCUT2D eigenvalue weighted by Gasteiger charge is 2.07. The molecule has 0 amide bonds. The second-order valence-corrected chi connectivity index (χ2v) is 20.2. The molecule has 0 unspecified atom stereocenters. The summed E-state index contributed by atoms with van der Waals surface area (Å²) >= 11 is 0. The Hall–Kier alpha value is 0. The van der Waals surface area contributed by atoms with Gasteiger partial charge in [-0.25, -0.2) is 0 Å². The highest BCUT2D eigenvalue weighted by Crippen LogP contribution is 2.24. The molecule has 0 radical (unpaired) electrons. The molecule has 0 spiro atoms. The minimum absolute atomic E-state index is 1.02. The lowest BCUT2D eigenvalue weighted by molar-refractivity contribution is 0.404. The van der Waals surface area contributed by atoms with E-state index < -0.39 is 0 Å². The standard InChI is InChI=1S/4C9H18.2C8H16.C3H8.2C2H6/c4*1-9-7-5-3-2-4-6-8-9;2*1-2-4-6-8-7-5-3-1;1-3-2;2*1-2/h4*9H,2-8H2,1H3;2*1-8H2;3H2,1-2H3;2*1-2H3. The van der Waals surface area contributed by atoms with Gasteiger partial charge in [-0.15, -0.1) is 0 Å². The largest absolute Gasteiger partial charge is 0.0683 e. The van der Waals surface area contributed by atoms with Crippen LogP contribution >= 0.6 is 0 Å². The average Bonchev–Trinajstić information content (AvgIpc) is 3.17. The van der Waals surface area contributed by atoms with Gasteiger partial charge < -0.3 is 0 Å². The third-order valence-corrected chi connectivity index (χ3v) is 13.6. The molecule has 0 atom stereocenters. The zero-order valence-corrected chi connectivity index (χ0v) is 44.1. The molecular formula is C59H124. The van der Waals surface area contributed by atoms with Crippen molar-refractivity contribution in [2.45, 2.75) is 358 Å². The zero-order chi connectivity index (χ0) is 44.1. The molecule has 0 bridgehead atoms. The lowest BCUT2D eigenvalue weighted by Gasteiger charge is -2.13. The van der Waals surface area contributed by atoms with Gasteiger partial charge in [0, 0.05) is 0 Å². The van der Waals surface area contributed by atoms with Gasteiger partial charge in [0.25, 0.3) is 0 Å². The van der Waals surface area contributed by atoms with Crippen molar-refractivity contribution in [1.82, 2.24) is 0 Å². The fourth-order valence-electron chi connectivity index (χ4n) is 9.47. The van der Waals surface area contributed by atoms with E-state index in [1.54, 1.807) is 0 Å². The number of hydrogen-bond acceptors (Lipinski definition) is 0. The van der Waals surface area contributed by atoms with E-state index >= 15 is 0 Å². The van der Waals surface area contributed by atoms with Gasteiger partial charge in [-0.1, -0.05) is 358 Å². The summed E-state index contributed by atoms with van der Waals surface area (Å²) in [5.41, 5.74) is 0. The van der Waals surface area contributed by atoms with Crippen LogP contribution in [0.3, 0.4) is 0 Å². The molecule has 6 saturated carbocycles. The summed E-state index contributed by atoms with van der Waals surface area (Å²) in [5.74, 6) is 4.08. The number of hydrogen-bond donors (Lipinski definition) is 0. The average molecular weight is 834 g/mol. The maximum absolute atomic E-state index is 2.39. The molecule has 0 N–H and O–H groups in total. The summed E-state index contributed by atoms with van der Waals surface area (Å²) in [6.07, 6.45) is 66.9. The molecule has 0 heterocycles. The smallest absolute Gasteiger partial charge is 0.0443 e. The fraction of sp³-hybridized carbons (Fsp3) is 1.00. The number of rotatable bonds is 0. The fourth-order valence-corrected chi connectivity index (χ4v) is 9.47. The SMILES string of the molecule is C1CCCCCCC1.C1CCCCCCC1.CC.CC.CC1CCCCCCC1.CC1CCCCCCC1.CC1CCCCCCC1.CC1CCCCCCC1.CCC. The molecular weight excluding hydrogens is 709 g/mol. The van der Waals surface area contributed by atoms with Gasteiger partial charge in [0.15, 0.2) is 0 Å². The Morgan fingerprint density at radius 3 is 0.339 bits per heavy atom. The van der Waals surface area contributed by atoms with Gasteiger partial charge in [-0.05, 0) is 23.7 Å². The molecule has 6 rings (SSSR count). The maximum Gasteiger partial charge on any atom is -0.0443 e. The molecule has 0 aromatic heterocycles. The Morgan fingerprint density at radius 1 is 0.186 bits per heavy atom. The van der Waals surface area contributed by atoms with Crippen molar-refractivity contribution in [3.8, 4) is 0 Å². The van der Waals surface area contributed by atoms with Crippen LogP contribution in [0.5, 0.6) is 0 Å². The molecule has 6 fully saturated rings. The van der Waals surface area contributed by atoms with E-state index in [1.807, 2.05) is 27.7 Å². The van der Waals surface area contributed by atoms with Crippen molar-refractivity contribution >= 4 is 0 Å². The van der Waals surface area contributed by atoms with E-state index in [-0.39, 0.29) is 0 Å². The molecule has 0 nitrogen and oxygen atoms in total. The van der Waals surface area contributed by atoms with Crippen molar-refractivity contribution in [3.63, 3.8) is 0 Å². The first-order chi connectivity index (χ1) is 29.0. The molecule has 0 saturated heterocycles. The van der Waals surface area contributed by atoms with E-state index in [2.05, 4.69) is 41.5 Å². The van der Waals surface area contributed by atoms with E-state index in [9.17, 15) is 0 Å². The predicted molar refractivity (Wildman–Crippen MR) is 278 cm³/mol. The van der Waals surface area contributed by atoms with Crippen LogP contribution < -0.4 is 0 Å². The first kappa shape index (κ1) is 63.3. The molecule has 0 aromatic carbocycles. The van der Waals surface area contributed by atoms with Crippen molar-refractivity contribution in [2.24, 2.45) is 23.7 Å². The summed E-state index contributed by atoms with van der Waals surface area (Å²) in [6.45, 7) is 21.8. The summed E-state index contributed by atoms with van der Waals surface area (Å²) < 4.78 is 0.